The van der Waals surface area contributed by atoms with Crippen molar-refractivity contribution in [2.24, 2.45) is 11.7 Å². The lowest BCUT2D eigenvalue weighted by Gasteiger charge is -2.38. The van der Waals surface area contributed by atoms with Crippen LogP contribution in [0.4, 0.5) is 11.5 Å². The fourth-order valence-corrected chi connectivity index (χ4v) is 2.62. The summed E-state index contributed by atoms with van der Waals surface area (Å²) in [6.07, 6.45) is 3.22. The number of nitrogens with two attached hydrogens (primary N) is 1. The Hall–Kier alpha value is -2.20. The predicted octanol–water partition coefficient (Wildman–Crippen LogP) is 1.43. The van der Waals surface area contributed by atoms with Crippen molar-refractivity contribution >= 4 is 11.5 Å². The van der Waals surface area contributed by atoms with Gasteiger partial charge in [-0.3, -0.25) is 10.1 Å². The summed E-state index contributed by atoms with van der Waals surface area (Å²) in [5.41, 5.74) is 5.85. The van der Waals surface area contributed by atoms with E-state index in [0.717, 1.165) is 12.8 Å². The molecule has 0 aliphatic carbocycles. The van der Waals surface area contributed by atoms with Crippen LogP contribution in [0.15, 0.2) is 12.3 Å². The van der Waals surface area contributed by atoms with Gasteiger partial charge in [0.25, 0.3) is 0 Å². The van der Waals surface area contributed by atoms with Gasteiger partial charge in [0.05, 0.1) is 10.5 Å². The van der Waals surface area contributed by atoms with E-state index in [4.69, 9.17) is 11.0 Å². The molecule has 7 heteroatoms. The molecule has 1 aliphatic rings. The minimum absolute atomic E-state index is 0.0536. The van der Waals surface area contributed by atoms with Gasteiger partial charge in [0.2, 0.25) is 5.82 Å². The van der Waals surface area contributed by atoms with Crippen LogP contribution in [0.2, 0.25) is 0 Å². The summed E-state index contributed by atoms with van der Waals surface area (Å²) in [6.45, 7) is 3.28. The van der Waals surface area contributed by atoms with Crippen LogP contribution in [-0.4, -0.2) is 29.0 Å². The largest absolute Gasteiger partial charge is 0.347 e. The number of nitro groups is 1. The van der Waals surface area contributed by atoms with Gasteiger partial charge in [0.1, 0.15) is 6.07 Å². The van der Waals surface area contributed by atoms with E-state index < -0.39 is 4.92 Å². The number of piperidine rings is 1. The molecule has 20 heavy (non-hydrogen) atoms. The van der Waals surface area contributed by atoms with Crippen molar-refractivity contribution in [2.75, 3.05) is 18.0 Å². The fourth-order valence-electron chi connectivity index (χ4n) is 2.62. The van der Waals surface area contributed by atoms with Crippen molar-refractivity contribution in [3.63, 3.8) is 0 Å². The molecule has 2 heterocycles. The van der Waals surface area contributed by atoms with Gasteiger partial charge in [-0.25, -0.2) is 4.98 Å². The Balaban J connectivity index is 2.41. The van der Waals surface area contributed by atoms with Crippen molar-refractivity contribution in [2.45, 2.75) is 25.8 Å². The van der Waals surface area contributed by atoms with Crippen LogP contribution in [0.3, 0.4) is 0 Å². The van der Waals surface area contributed by atoms with E-state index in [0.29, 0.717) is 24.8 Å². The summed E-state index contributed by atoms with van der Waals surface area (Å²) in [7, 11) is 0. The zero-order chi connectivity index (χ0) is 14.7. The molecule has 0 aromatic carbocycles. The van der Waals surface area contributed by atoms with Gasteiger partial charge in [-0.2, -0.15) is 5.26 Å². The molecular formula is C13H17N5O2. The molecule has 2 unspecified atom stereocenters. The zero-order valence-corrected chi connectivity index (χ0v) is 11.3. The van der Waals surface area contributed by atoms with E-state index in [1.54, 1.807) is 0 Å². The number of nitrogens with zero attached hydrogens (tertiary/aromatic N) is 4. The first kappa shape index (κ1) is 14.2. The molecule has 2 rings (SSSR count). The second-order valence-electron chi connectivity index (χ2n) is 5.15. The molecule has 106 valence electrons. The van der Waals surface area contributed by atoms with Crippen molar-refractivity contribution < 1.29 is 4.92 Å². The average Bonchev–Trinajstić information content (AvgIpc) is 2.46. The minimum atomic E-state index is -0.491. The van der Waals surface area contributed by atoms with Crippen molar-refractivity contribution in [3.05, 3.63) is 27.9 Å². The van der Waals surface area contributed by atoms with E-state index in [9.17, 15) is 10.1 Å². The summed E-state index contributed by atoms with van der Waals surface area (Å²) in [4.78, 5) is 16.7. The number of pyridine rings is 1. The van der Waals surface area contributed by atoms with E-state index in [2.05, 4.69) is 11.9 Å². The van der Waals surface area contributed by atoms with Crippen LogP contribution in [0, 0.1) is 27.4 Å². The molecule has 0 saturated carbocycles. The highest BCUT2D eigenvalue weighted by Crippen LogP contribution is 2.32. The maximum absolute atomic E-state index is 11.2. The maximum atomic E-state index is 11.2. The Morgan fingerprint density at radius 1 is 1.70 bits per heavy atom. The molecule has 1 fully saturated rings. The summed E-state index contributed by atoms with van der Waals surface area (Å²) >= 11 is 0. The monoisotopic (exact) mass is 275 g/mol. The molecule has 0 amide bonds. The van der Waals surface area contributed by atoms with E-state index in [1.807, 2.05) is 11.0 Å². The molecular weight excluding hydrogens is 258 g/mol. The van der Waals surface area contributed by atoms with Crippen molar-refractivity contribution in [1.82, 2.24) is 4.98 Å². The van der Waals surface area contributed by atoms with Crippen LogP contribution in [-0.2, 0) is 0 Å². The molecule has 0 bridgehead atoms. The molecule has 0 spiro atoms. The van der Waals surface area contributed by atoms with Gasteiger partial charge in [0.15, 0.2) is 0 Å². The van der Waals surface area contributed by atoms with Crippen molar-refractivity contribution in [3.8, 4) is 6.07 Å². The molecule has 2 atom stereocenters. The minimum Gasteiger partial charge on any atom is -0.347 e. The first-order chi connectivity index (χ1) is 9.56. The van der Waals surface area contributed by atoms with Gasteiger partial charge < -0.3 is 10.6 Å². The first-order valence-corrected chi connectivity index (χ1v) is 6.58. The van der Waals surface area contributed by atoms with Gasteiger partial charge in [-0.1, -0.05) is 6.92 Å². The van der Waals surface area contributed by atoms with E-state index in [1.165, 1.54) is 12.3 Å². The van der Waals surface area contributed by atoms with Gasteiger partial charge in [-0.15, -0.1) is 0 Å². The Bertz CT molecular complexity index is 554. The highest BCUT2D eigenvalue weighted by molar-refractivity contribution is 5.60. The van der Waals surface area contributed by atoms with Gasteiger partial charge in [-0.05, 0) is 18.8 Å². The van der Waals surface area contributed by atoms with Crippen LogP contribution >= 0.6 is 0 Å². The zero-order valence-electron chi connectivity index (χ0n) is 11.3. The second-order valence-corrected chi connectivity index (χ2v) is 5.15. The lowest BCUT2D eigenvalue weighted by Crippen LogP contribution is -2.47. The van der Waals surface area contributed by atoms with Crippen LogP contribution in [0.25, 0.3) is 0 Å². The topological polar surface area (TPSA) is 109 Å². The van der Waals surface area contributed by atoms with E-state index >= 15 is 0 Å². The number of nitriles is 1. The van der Waals surface area contributed by atoms with Crippen LogP contribution in [0.1, 0.15) is 25.3 Å². The number of hydrogen-bond acceptors (Lipinski definition) is 6. The summed E-state index contributed by atoms with van der Waals surface area (Å²) in [5.74, 6) is 0.869. The predicted molar refractivity (Wildman–Crippen MR) is 74.2 cm³/mol. The number of aromatic nitrogens is 1. The molecule has 0 radical (unpaired) electrons. The summed E-state index contributed by atoms with van der Waals surface area (Å²) < 4.78 is 0. The Labute approximate surface area is 117 Å². The third kappa shape index (κ3) is 2.70. The standard InChI is InChI=1S/C13H17N5O2/c1-9-2-3-17(11(4-9)7-15)13-12(18(19)20)5-10(6-14)8-16-13/h5,8-9,11H,2-4,7,15H2,1H3. The lowest BCUT2D eigenvalue weighted by molar-refractivity contribution is -0.384. The third-order valence-electron chi connectivity index (χ3n) is 3.70. The normalized spacial score (nSPS) is 22.4. The quantitative estimate of drug-likeness (QED) is 0.660. The van der Waals surface area contributed by atoms with Gasteiger partial charge in [0, 0.05) is 31.4 Å². The molecule has 1 saturated heterocycles. The van der Waals surface area contributed by atoms with Gasteiger partial charge >= 0.3 is 5.69 Å². The van der Waals surface area contributed by atoms with Crippen LogP contribution < -0.4 is 10.6 Å². The number of hydrogen-bond donors (Lipinski definition) is 1. The molecule has 7 nitrogen and oxygen atoms in total. The lowest BCUT2D eigenvalue weighted by atomic mass is 9.92. The molecule has 1 aromatic heterocycles. The van der Waals surface area contributed by atoms with Crippen LogP contribution in [0.5, 0.6) is 0 Å². The van der Waals surface area contributed by atoms with Crippen molar-refractivity contribution in [1.29, 1.82) is 5.26 Å². The third-order valence-corrected chi connectivity index (χ3v) is 3.70. The smallest absolute Gasteiger partial charge is 0.312 e. The first-order valence-electron chi connectivity index (χ1n) is 6.58. The fraction of sp³-hybridized carbons (Fsp3) is 0.538. The average molecular weight is 275 g/mol. The maximum Gasteiger partial charge on any atom is 0.312 e. The summed E-state index contributed by atoms with van der Waals surface area (Å²) in [5, 5.41) is 20.0. The number of rotatable bonds is 3. The SMILES string of the molecule is CC1CCN(c2ncc(C#N)cc2[N+](=O)[O-])C(CN)C1. The molecule has 1 aliphatic heterocycles. The Morgan fingerprint density at radius 2 is 2.45 bits per heavy atom. The Kier molecular flexibility index (Phi) is 4.15. The molecule has 1 aromatic rings. The molecule has 2 N–H and O–H groups in total. The number of anilines is 1. The Morgan fingerprint density at radius 3 is 3.05 bits per heavy atom. The second kappa shape index (κ2) is 5.84. The summed E-state index contributed by atoms with van der Waals surface area (Å²) in [6, 6.07) is 3.20. The van der Waals surface area contributed by atoms with E-state index in [-0.39, 0.29) is 17.3 Å². The highest BCUT2D eigenvalue weighted by Gasteiger charge is 2.31. The highest BCUT2D eigenvalue weighted by atomic mass is 16.6.